The van der Waals surface area contributed by atoms with Crippen LogP contribution in [0.25, 0.3) is 0 Å². The zero-order valence-electron chi connectivity index (χ0n) is 26.9. The van der Waals surface area contributed by atoms with Crippen molar-refractivity contribution in [3.8, 4) is 0 Å². The Morgan fingerprint density at radius 2 is 1.21 bits per heavy atom. The van der Waals surface area contributed by atoms with Crippen molar-refractivity contribution in [1.29, 1.82) is 0 Å². The van der Waals surface area contributed by atoms with E-state index in [2.05, 4.69) is 145 Å². The van der Waals surface area contributed by atoms with Gasteiger partial charge in [-0.15, -0.1) is 5.73 Å². The van der Waals surface area contributed by atoms with Crippen LogP contribution in [0.1, 0.15) is 59.9 Å². The standard InChI is InChI=1S/C37H50O3Si2/c1-36(2,3)41(7,8)40-35(27-28-38)34(39-30-31-20-12-9-13-21-31)26-18-19-29-42(37(4,5)6,32-22-14-10-15-23-32)33-24-16-11-17-25-33/h9-18,20-25,28-29,34-35H,26-27,30H2,1-8H3/t19?,34-,35+/m1/s1. The molecule has 5 heteroatoms. The first-order valence-electron chi connectivity index (χ1n) is 15.1. The molecule has 0 aromatic heterocycles. The number of rotatable bonds is 13. The van der Waals surface area contributed by atoms with E-state index in [0.717, 1.165) is 11.8 Å². The third-order valence-corrected chi connectivity index (χ3v) is 18.7. The van der Waals surface area contributed by atoms with E-state index >= 15 is 0 Å². The molecule has 2 atom stereocenters. The van der Waals surface area contributed by atoms with Crippen LogP contribution in [-0.4, -0.2) is 34.9 Å². The molecule has 0 saturated heterocycles. The SMILES string of the molecule is CC(C)(C)[Si](C)(C)O[C@@H](CC=O)[C@@H](CC=C=C[Si](c1ccccc1)(c1ccccc1)C(C)(C)C)OCc1ccccc1. The van der Waals surface area contributed by atoms with Crippen LogP contribution < -0.4 is 10.4 Å². The summed E-state index contributed by atoms with van der Waals surface area (Å²) >= 11 is 0. The number of carbonyl (C=O) groups excluding carboxylic acids is 1. The number of benzene rings is 3. The molecule has 0 radical (unpaired) electrons. The molecule has 0 unspecified atom stereocenters. The van der Waals surface area contributed by atoms with Crippen molar-refractivity contribution >= 4 is 33.1 Å². The van der Waals surface area contributed by atoms with Crippen molar-refractivity contribution in [2.45, 2.75) is 96.4 Å². The Morgan fingerprint density at radius 3 is 1.67 bits per heavy atom. The summed E-state index contributed by atoms with van der Waals surface area (Å²) in [4.78, 5) is 11.9. The molecule has 0 amide bonds. The van der Waals surface area contributed by atoms with Crippen molar-refractivity contribution < 1.29 is 14.0 Å². The summed E-state index contributed by atoms with van der Waals surface area (Å²) in [5, 5.41) is 2.76. The molecule has 42 heavy (non-hydrogen) atoms. The highest BCUT2D eigenvalue weighted by atomic mass is 28.4. The number of carbonyl (C=O) groups is 1. The van der Waals surface area contributed by atoms with E-state index in [-0.39, 0.29) is 22.3 Å². The van der Waals surface area contributed by atoms with E-state index in [1.165, 1.54) is 10.4 Å². The second-order valence-electron chi connectivity index (χ2n) is 13.7. The number of ether oxygens (including phenoxy) is 1. The highest BCUT2D eigenvalue weighted by Crippen LogP contribution is 2.39. The summed E-state index contributed by atoms with van der Waals surface area (Å²) < 4.78 is 13.4. The number of hydrogen-bond donors (Lipinski definition) is 0. The summed E-state index contributed by atoms with van der Waals surface area (Å²) in [5.41, 5.74) is 7.11. The summed E-state index contributed by atoms with van der Waals surface area (Å²) in [6.45, 7) is 18.6. The average molecular weight is 599 g/mol. The van der Waals surface area contributed by atoms with E-state index in [9.17, 15) is 4.79 Å². The average Bonchev–Trinajstić information content (AvgIpc) is 2.94. The molecule has 3 nitrogen and oxygen atoms in total. The Kier molecular flexibility index (Phi) is 11.7. The summed E-state index contributed by atoms with van der Waals surface area (Å²) in [7, 11) is -4.53. The second kappa shape index (κ2) is 14.6. The van der Waals surface area contributed by atoms with Crippen LogP contribution in [0.3, 0.4) is 0 Å². The quantitative estimate of drug-likeness (QED) is 0.113. The first kappa shape index (κ1) is 33.7. The minimum absolute atomic E-state index is 0.00521. The van der Waals surface area contributed by atoms with E-state index in [1.54, 1.807) is 0 Å². The van der Waals surface area contributed by atoms with Crippen LogP contribution in [0.4, 0.5) is 0 Å². The fourth-order valence-electron chi connectivity index (χ4n) is 5.22. The van der Waals surface area contributed by atoms with Gasteiger partial charge in [0.15, 0.2) is 16.4 Å². The number of hydrogen-bond acceptors (Lipinski definition) is 3. The maximum Gasteiger partial charge on any atom is 0.192 e. The van der Waals surface area contributed by atoms with Gasteiger partial charge in [0.25, 0.3) is 0 Å². The third kappa shape index (κ3) is 8.40. The van der Waals surface area contributed by atoms with Crippen molar-refractivity contribution in [2.24, 2.45) is 0 Å². The fourth-order valence-corrected chi connectivity index (χ4v) is 11.2. The lowest BCUT2D eigenvalue weighted by Crippen LogP contribution is -2.63. The van der Waals surface area contributed by atoms with Gasteiger partial charge in [0, 0.05) is 12.8 Å². The monoisotopic (exact) mass is 598 g/mol. The molecule has 224 valence electrons. The van der Waals surface area contributed by atoms with Crippen LogP contribution in [0, 0.1) is 0 Å². The topological polar surface area (TPSA) is 35.5 Å². The predicted molar refractivity (Wildman–Crippen MR) is 183 cm³/mol. The van der Waals surface area contributed by atoms with Gasteiger partial charge in [0.1, 0.15) is 6.29 Å². The molecule has 0 aliphatic rings. The van der Waals surface area contributed by atoms with Crippen LogP contribution >= 0.6 is 0 Å². The van der Waals surface area contributed by atoms with Crippen molar-refractivity contribution in [1.82, 2.24) is 0 Å². The van der Waals surface area contributed by atoms with Crippen LogP contribution in [-0.2, 0) is 20.6 Å². The molecular weight excluding hydrogens is 549 g/mol. The van der Waals surface area contributed by atoms with Crippen molar-refractivity contribution in [3.63, 3.8) is 0 Å². The maximum atomic E-state index is 11.9. The zero-order chi connectivity index (χ0) is 30.9. The Hall–Kier alpha value is -2.80. The van der Waals surface area contributed by atoms with E-state index in [1.807, 2.05) is 18.2 Å². The molecule has 0 fully saturated rings. The highest BCUT2D eigenvalue weighted by Gasteiger charge is 2.46. The van der Waals surface area contributed by atoms with Gasteiger partial charge >= 0.3 is 0 Å². The molecule has 0 saturated carbocycles. The lowest BCUT2D eigenvalue weighted by atomic mass is 10.1. The fraction of sp³-hybridized carbons (Fsp3) is 0.405. The molecule has 0 aliphatic heterocycles. The minimum atomic E-state index is -2.39. The lowest BCUT2D eigenvalue weighted by Gasteiger charge is -2.41. The first-order valence-corrected chi connectivity index (χ1v) is 20.1. The lowest BCUT2D eigenvalue weighted by molar-refractivity contribution is -0.112. The zero-order valence-corrected chi connectivity index (χ0v) is 28.9. The van der Waals surface area contributed by atoms with Crippen LogP contribution in [0.2, 0.25) is 23.2 Å². The van der Waals surface area contributed by atoms with Gasteiger partial charge in [0.2, 0.25) is 0 Å². The predicted octanol–water partition coefficient (Wildman–Crippen LogP) is 8.26. The van der Waals surface area contributed by atoms with Gasteiger partial charge in [0.05, 0.1) is 18.8 Å². The van der Waals surface area contributed by atoms with Gasteiger partial charge in [-0.25, -0.2) is 0 Å². The summed E-state index contributed by atoms with van der Waals surface area (Å²) in [6.07, 6.45) is 3.38. The van der Waals surface area contributed by atoms with Gasteiger partial charge in [-0.2, -0.15) is 0 Å². The molecule has 0 bridgehead atoms. The van der Waals surface area contributed by atoms with Gasteiger partial charge in [-0.3, -0.25) is 0 Å². The van der Waals surface area contributed by atoms with Gasteiger partial charge in [-0.1, -0.05) is 133 Å². The Bertz CT molecular complexity index is 1260. The molecule has 0 aliphatic carbocycles. The van der Waals surface area contributed by atoms with Crippen molar-refractivity contribution in [3.05, 3.63) is 114 Å². The molecule has 0 N–H and O–H groups in total. The molecule has 3 rings (SSSR count). The summed E-state index contributed by atoms with van der Waals surface area (Å²) in [6, 6.07) is 32.0. The highest BCUT2D eigenvalue weighted by molar-refractivity contribution is 7.07. The Balaban J connectivity index is 2.03. The third-order valence-electron chi connectivity index (χ3n) is 8.71. The largest absolute Gasteiger partial charge is 0.411 e. The maximum absolute atomic E-state index is 11.9. The van der Waals surface area contributed by atoms with Crippen LogP contribution in [0.15, 0.2) is 109 Å². The molecule has 3 aromatic carbocycles. The first-order chi connectivity index (χ1) is 19.8. The second-order valence-corrected chi connectivity index (χ2v) is 23.0. The van der Waals surface area contributed by atoms with Gasteiger partial charge < -0.3 is 14.0 Å². The van der Waals surface area contributed by atoms with E-state index < -0.39 is 16.4 Å². The molecule has 3 aromatic rings. The Morgan fingerprint density at radius 1 is 0.714 bits per heavy atom. The molecule has 0 spiro atoms. The normalized spacial score (nSPS) is 14.0. The smallest absolute Gasteiger partial charge is 0.192 e. The molecular formula is C37H50O3Si2. The number of aldehydes is 1. The van der Waals surface area contributed by atoms with Crippen molar-refractivity contribution in [2.75, 3.05) is 0 Å². The Labute approximate surface area is 256 Å². The van der Waals surface area contributed by atoms with Crippen LogP contribution in [0.5, 0.6) is 0 Å². The van der Waals surface area contributed by atoms with E-state index in [4.69, 9.17) is 9.16 Å². The summed E-state index contributed by atoms with van der Waals surface area (Å²) in [5.74, 6) is 0. The van der Waals surface area contributed by atoms with E-state index in [0.29, 0.717) is 19.4 Å². The minimum Gasteiger partial charge on any atom is -0.411 e. The van der Waals surface area contributed by atoms with Gasteiger partial charge in [-0.05, 0) is 50.9 Å². The molecule has 0 heterocycles.